The van der Waals surface area contributed by atoms with Gasteiger partial charge in [-0.3, -0.25) is 9.59 Å². The lowest BCUT2D eigenvalue weighted by atomic mass is 10.5. The molecule has 0 aromatic carbocycles. The van der Waals surface area contributed by atoms with Gasteiger partial charge in [0.15, 0.2) is 0 Å². The fourth-order valence-corrected chi connectivity index (χ4v) is 0.506. The van der Waals surface area contributed by atoms with Gasteiger partial charge in [-0.1, -0.05) is 6.08 Å². The highest BCUT2D eigenvalue weighted by atomic mass is 16.5. The zero-order valence-electron chi connectivity index (χ0n) is 6.81. The van der Waals surface area contributed by atoms with Gasteiger partial charge in [-0.25, -0.2) is 4.79 Å². The van der Waals surface area contributed by atoms with Crippen LogP contribution in [0.2, 0.25) is 0 Å². The van der Waals surface area contributed by atoms with Crippen molar-refractivity contribution in [1.29, 1.82) is 0 Å². The van der Waals surface area contributed by atoms with Gasteiger partial charge in [-0.15, -0.1) is 0 Å². The van der Waals surface area contributed by atoms with Gasteiger partial charge in [-0.2, -0.15) is 4.90 Å². The van der Waals surface area contributed by atoms with E-state index < -0.39 is 12.0 Å². The van der Waals surface area contributed by atoms with Gasteiger partial charge in [0, 0.05) is 0 Å². The Morgan fingerprint density at radius 1 is 1.42 bits per heavy atom. The Labute approximate surface area is 69.6 Å². The predicted octanol–water partition coefficient (Wildman–Crippen LogP) is 0.314. The highest BCUT2D eigenvalue weighted by Crippen LogP contribution is 1.91. The first-order valence-corrected chi connectivity index (χ1v) is 3.16. The molecular weight excluding hydrogens is 162 g/mol. The second-order valence-corrected chi connectivity index (χ2v) is 1.78. The number of hydrogen-bond acceptors (Lipinski definition) is 4. The molecule has 0 saturated carbocycles. The summed E-state index contributed by atoms with van der Waals surface area (Å²) >= 11 is 0. The van der Waals surface area contributed by atoms with E-state index in [2.05, 4.69) is 4.74 Å². The van der Waals surface area contributed by atoms with Crippen molar-refractivity contribution < 1.29 is 19.1 Å². The van der Waals surface area contributed by atoms with Crippen LogP contribution in [-0.2, 0) is 14.3 Å². The zero-order valence-corrected chi connectivity index (χ0v) is 6.81. The Hall–Kier alpha value is -1.65. The lowest BCUT2D eigenvalue weighted by Crippen LogP contribution is -2.34. The minimum Gasteiger partial charge on any atom is -0.452 e. The molecule has 0 bridgehead atoms. The van der Waals surface area contributed by atoms with Crippen LogP contribution in [0.1, 0.15) is 6.92 Å². The lowest BCUT2D eigenvalue weighted by Gasteiger charge is -2.08. The average Bonchev–Trinajstić information content (AvgIpc) is 2.06. The number of rotatable bonds is 2. The number of methoxy groups -OCH3 is 1. The number of carbonyl (C=O) groups is 3. The van der Waals surface area contributed by atoms with Crippen LogP contribution in [0.3, 0.4) is 0 Å². The van der Waals surface area contributed by atoms with Crippen LogP contribution < -0.4 is 0 Å². The van der Waals surface area contributed by atoms with Crippen molar-refractivity contribution in [3.05, 3.63) is 12.2 Å². The van der Waals surface area contributed by atoms with Gasteiger partial charge in [0.25, 0.3) is 5.91 Å². The van der Waals surface area contributed by atoms with Crippen molar-refractivity contribution in [2.24, 2.45) is 0 Å². The minimum atomic E-state index is -0.993. The molecule has 0 unspecified atom stereocenters. The summed E-state index contributed by atoms with van der Waals surface area (Å²) in [5, 5.41) is 0. The first-order valence-electron chi connectivity index (χ1n) is 3.16. The number of carbonyl (C=O) groups excluding carboxylic acids is 3. The van der Waals surface area contributed by atoms with E-state index in [1.165, 1.54) is 6.08 Å². The summed E-state index contributed by atoms with van der Waals surface area (Å²) in [6.07, 6.45) is 1.62. The SMILES string of the molecule is C/C=C\C(=O)N(C=O)C(=O)OC. The van der Waals surface area contributed by atoms with Crippen LogP contribution in [0.15, 0.2) is 12.2 Å². The summed E-state index contributed by atoms with van der Waals surface area (Å²) in [5.74, 6) is -0.723. The monoisotopic (exact) mass is 171 g/mol. The van der Waals surface area contributed by atoms with Gasteiger partial charge in [0.2, 0.25) is 6.41 Å². The predicted molar refractivity (Wildman–Crippen MR) is 40.1 cm³/mol. The quantitative estimate of drug-likeness (QED) is 0.443. The molecule has 12 heavy (non-hydrogen) atoms. The maximum atomic E-state index is 10.9. The topological polar surface area (TPSA) is 63.7 Å². The second kappa shape index (κ2) is 5.06. The Morgan fingerprint density at radius 3 is 2.33 bits per heavy atom. The molecule has 0 atom stereocenters. The van der Waals surface area contributed by atoms with Crippen molar-refractivity contribution in [3.8, 4) is 0 Å². The maximum Gasteiger partial charge on any atom is 0.423 e. The van der Waals surface area contributed by atoms with E-state index in [-0.39, 0.29) is 6.41 Å². The molecule has 0 spiro atoms. The van der Waals surface area contributed by atoms with Crippen molar-refractivity contribution >= 4 is 18.4 Å². The molecule has 0 fully saturated rings. The van der Waals surface area contributed by atoms with E-state index in [0.717, 1.165) is 13.2 Å². The van der Waals surface area contributed by atoms with Gasteiger partial charge < -0.3 is 4.74 Å². The first-order chi connectivity index (χ1) is 5.67. The fourth-order valence-electron chi connectivity index (χ4n) is 0.506. The molecule has 0 aliphatic rings. The van der Waals surface area contributed by atoms with E-state index in [1.807, 2.05) is 0 Å². The summed E-state index contributed by atoms with van der Waals surface area (Å²) in [6, 6.07) is 0. The molecule has 0 rings (SSSR count). The number of amides is 3. The van der Waals surface area contributed by atoms with Crippen LogP contribution in [0.5, 0.6) is 0 Å². The Kier molecular flexibility index (Phi) is 4.36. The summed E-state index contributed by atoms with van der Waals surface area (Å²) in [7, 11) is 1.09. The highest BCUT2D eigenvalue weighted by molar-refractivity contribution is 6.06. The fraction of sp³-hybridized carbons (Fsp3) is 0.286. The molecule has 66 valence electrons. The Morgan fingerprint density at radius 2 is 2.00 bits per heavy atom. The Bertz CT molecular complexity index is 221. The third-order valence-corrected chi connectivity index (χ3v) is 1.02. The zero-order chi connectivity index (χ0) is 9.56. The first kappa shape index (κ1) is 10.3. The molecular formula is C7H9NO4. The van der Waals surface area contributed by atoms with E-state index >= 15 is 0 Å². The molecule has 0 heterocycles. The van der Waals surface area contributed by atoms with Crippen molar-refractivity contribution in [1.82, 2.24) is 4.90 Å². The maximum absolute atomic E-state index is 10.9. The number of ether oxygens (including phenoxy) is 1. The van der Waals surface area contributed by atoms with Crippen LogP contribution in [-0.4, -0.2) is 30.4 Å². The smallest absolute Gasteiger partial charge is 0.423 e. The number of hydrogen-bond donors (Lipinski definition) is 0. The van der Waals surface area contributed by atoms with Crippen LogP contribution in [0, 0.1) is 0 Å². The van der Waals surface area contributed by atoms with E-state index in [1.54, 1.807) is 6.92 Å². The van der Waals surface area contributed by atoms with Crippen LogP contribution in [0.25, 0.3) is 0 Å². The molecule has 0 N–H and O–H groups in total. The summed E-state index contributed by atoms with van der Waals surface area (Å²) in [5.41, 5.74) is 0. The van der Waals surface area contributed by atoms with Gasteiger partial charge >= 0.3 is 6.09 Å². The normalized spacial score (nSPS) is 9.50. The molecule has 0 aromatic rings. The van der Waals surface area contributed by atoms with E-state index in [9.17, 15) is 14.4 Å². The molecule has 0 aliphatic carbocycles. The highest BCUT2D eigenvalue weighted by Gasteiger charge is 2.18. The average molecular weight is 171 g/mol. The summed E-state index contributed by atoms with van der Waals surface area (Å²) in [4.78, 5) is 32.1. The standard InChI is InChI=1S/C7H9NO4/c1-3-4-6(10)8(5-9)7(11)12-2/h3-5H,1-2H3/b4-3-. The van der Waals surface area contributed by atoms with Crippen molar-refractivity contribution in [2.45, 2.75) is 6.92 Å². The molecule has 3 amide bonds. The van der Waals surface area contributed by atoms with E-state index in [0.29, 0.717) is 4.90 Å². The molecule has 5 heteroatoms. The van der Waals surface area contributed by atoms with Gasteiger partial charge in [-0.05, 0) is 13.0 Å². The summed E-state index contributed by atoms with van der Waals surface area (Å²) < 4.78 is 4.17. The molecule has 0 saturated heterocycles. The lowest BCUT2D eigenvalue weighted by molar-refractivity contribution is -0.132. The van der Waals surface area contributed by atoms with Gasteiger partial charge in [0.1, 0.15) is 0 Å². The van der Waals surface area contributed by atoms with Crippen molar-refractivity contribution in [2.75, 3.05) is 7.11 Å². The van der Waals surface area contributed by atoms with E-state index in [4.69, 9.17) is 0 Å². The third kappa shape index (κ3) is 2.53. The molecule has 0 radical (unpaired) electrons. The van der Waals surface area contributed by atoms with Gasteiger partial charge in [0.05, 0.1) is 7.11 Å². The van der Waals surface area contributed by atoms with Crippen LogP contribution in [0.4, 0.5) is 4.79 Å². The second-order valence-electron chi connectivity index (χ2n) is 1.78. The third-order valence-electron chi connectivity index (χ3n) is 1.02. The number of nitrogens with zero attached hydrogens (tertiary/aromatic N) is 1. The van der Waals surface area contributed by atoms with Crippen molar-refractivity contribution in [3.63, 3.8) is 0 Å². The van der Waals surface area contributed by atoms with Crippen LogP contribution >= 0.6 is 0 Å². The molecule has 0 aliphatic heterocycles. The summed E-state index contributed by atoms with van der Waals surface area (Å²) in [6.45, 7) is 1.60. The number of allylic oxidation sites excluding steroid dienone is 1. The largest absolute Gasteiger partial charge is 0.452 e. The number of imide groups is 3. The minimum absolute atomic E-state index is 0.105. The Balaban J connectivity index is 4.44. The molecule has 0 aromatic heterocycles. The molecule has 5 nitrogen and oxygen atoms in total.